The molecule has 0 unspecified atom stereocenters. The van der Waals surface area contributed by atoms with E-state index in [0.717, 1.165) is 23.6 Å². The Labute approximate surface area is 134 Å². The van der Waals surface area contributed by atoms with Gasteiger partial charge in [-0.2, -0.15) is 0 Å². The number of rotatable bonds is 5. The molecule has 1 aromatic heterocycles. The Kier molecular flexibility index (Phi) is 5.19. The van der Waals surface area contributed by atoms with Gasteiger partial charge in [0.05, 0.1) is 0 Å². The summed E-state index contributed by atoms with van der Waals surface area (Å²) in [6.07, 6.45) is -4.00. The monoisotopic (exact) mass is 345 g/mol. The van der Waals surface area contributed by atoms with Crippen LogP contribution in [0.1, 0.15) is 29.2 Å². The third-order valence-electron chi connectivity index (χ3n) is 2.62. The van der Waals surface area contributed by atoms with Gasteiger partial charge in [0.25, 0.3) is 5.91 Å². The number of amides is 1. The highest BCUT2D eigenvalue weighted by atomic mass is 32.1. The van der Waals surface area contributed by atoms with Gasteiger partial charge in [0.2, 0.25) is 5.13 Å². The zero-order chi connectivity index (χ0) is 17.0. The normalized spacial score (nSPS) is 11.6. The number of nitrogens with zero attached hydrogens (tertiary/aromatic N) is 2. The van der Waals surface area contributed by atoms with Crippen molar-refractivity contribution in [1.29, 1.82) is 0 Å². The van der Waals surface area contributed by atoms with E-state index in [2.05, 4.69) is 20.3 Å². The van der Waals surface area contributed by atoms with Crippen LogP contribution in [-0.2, 0) is 6.42 Å². The van der Waals surface area contributed by atoms with E-state index in [1.165, 1.54) is 23.5 Å². The second-order valence-corrected chi connectivity index (χ2v) is 6.19. The number of ether oxygens (including phenoxy) is 1. The maximum absolute atomic E-state index is 12.1. The predicted octanol–water partition coefficient (Wildman–Crippen LogP) is 3.89. The van der Waals surface area contributed by atoms with Crippen LogP contribution in [0.25, 0.3) is 0 Å². The maximum atomic E-state index is 12.1. The number of hydrogen-bond donors (Lipinski definition) is 1. The Morgan fingerprint density at radius 3 is 2.48 bits per heavy atom. The quantitative estimate of drug-likeness (QED) is 0.893. The summed E-state index contributed by atoms with van der Waals surface area (Å²) in [4.78, 5) is 12.0. The van der Waals surface area contributed by atoms with Crippen molar-refractivity contribution in [3.63, 3.8) is 0 Å². The molecule has 0 aliphatic heterocycles. The molecule has 1 N–H and O–H groups in total. The number of anilines is 1. The van der Waals surface area contributed by atoms with E-state index in [1.807, 2.05) is 13.8 Å². The molecule has 124 valence electrons. The maximum Gasteiger partial charge on any atom is 0.573 e. The van der Waals surface area contributed by atoms with E-state index in [9.17, 15) is 18.0 Å². The van der Waals surface area contributed by atoms with Gasteiger partial charge in [0, 0.05) is 12.0 Å². The average Bonchev–Trinajstić information content (AvgIpc) is 2.84. The van der Waals surface area contributed by atoms with Crippen LogP contribution in [0.2, 0.25) is 0 Å². The molecule has 1 heterocycles. The molecule has 0 fully saturated rings. The van der Waals surface area contributed by atoms with E-state index in [-0.39, 0.29) is 11.3 Å². The highest BCUT2D eigenvalue weighted by Crippen LogP contribution is 2.23. The minimum Gasteiger partial charge on any atom is -0.406 e. The Balaban J connectivity index is 1.99. The molecule has 2 aromatic rings. The fraction of sp³-hybridized carbons (Fsp3) is 0.357. The minimum absolute atomic E-state index is 0.195. The number of aromatic nitrogens is 2. The molecule has 9 heteroatoms. The lowest BCUT2D eigenvalue weighted by molar-refractivity contribution is -0.274. The van der Waals surface area contributed by atoms with Crippen LogP contribution in [0.3, 0.4) is 0 Å². The number of benzene rings is 1. The van der Waals surface area contributed by atoms with Gasteiger partial charge in [-0.1, -0.05) is 25.2 Å². The van der Waals surface area contributed by atoms with Crippen molar-refractivity contribution in [2.45, 2.75) is 26.6 Å². The second-order valence-electron chi connectivity index (χ2n) is 5.13. The highest BCUT2D eigenvalue weighted by Gasteiger charge is 2.31. The first-order chi connectivity index (χ1) is 10.7. The zero-order valence-electron chi connectivity index (χ0n) is 12.3. The van der Waals surface area contributed by atoms with Gasteiger partial charge < -0.3 is 4.74 Å². The summed E-state index contributed by atoms with van der Waals surface area (Å²) in [6.45, 7) is 4.09. The first kappa shape index (κ1) is 17.2. The summed E-state index contributed by atoms with van der Waals surface area (Å²) in [5.41, 5.74) is 0.195. The van der Waals surface area contributed by atoms with Crippen molar-refractivity contribution >= 4 is 22.4 Å². The van der Waals surface area contributed by atoms with E-state index in [4.69, 9.17) is 0 Å². The van der Waals surface area contributed by atoms with Crippen molar-refractivity contribution in [3.05, 3.63) is 34.8 Å². The molecule has 1 aromatic carbocycles. The van der Waals surface area contributed by atoms with Crippen LogP contribution in [0.5, 0.6) is 5.75 Å². The number of hydrogen-bond acceptors (Lipinski definition) is 5. The average molecular weight is 345 g/mol. The summed E-state index contributed by atoms with van der Waals surface area (Å²) in [5, 5.41) is 11.6. The van der Waals surface area contributed by atoms with Gasteiger partial charge in [-0.05, 0) is 30.2 Å². The summed E-state index contributed by atoms with van der Waals surface area (Å²) in [6, 6.07) is 4.64. The number of halogens is 3. The van der Waals surface area contributed by atoms with Crippen LogP contribution >= 0.6 is 11.3 Å². The smallest absolute Gasteiger partial charge is 0.406 e. The first-order valence-corrected chi connectivity index (χ1v) is 7.54. The molecule has 0 radical (unpaired) electrons. The molecule has 0 aliphatic rings. The third kappa shape index (κ3) is 5.51. The van der Waals surface area contributed by atoms with Gasteiger partial charge in [-0.3, -0.25) is 10.1 Å². The van der Waals surface area contributed by atoms with Crippen molar-refractivity contribution < 1.29 is 22.7 Å². The predicted molar refractivity (Wildman–Crippen MR) is 79.5 cm³/mol. The topological polar surface area (TPSA) is 64.1 Å². The zero-order valence-corrected chi connectivity index (χ0v) is 13.2. The number of alkyl halides is 3. The molecule has 0 saturated heterocycles. The third-order valence-corrected chi connectivity index (χ3v) is 3.48. The molecule has 23 heavy (non-hydrogen) atoms. The van der Waals surface area contributed by atoms with E-state index < -0.39 is 12.3 Å². The van der Waals surface area contributed by atoms with Crippen LogP contribution in [0, 0.1) is 5.92 Å². The lowest BCUT2D eigenvalue weighted by atomic mass is 10.1. The van der Waals surface area contributed by atoms with Crippen molar-refractivity contribution in [3.8, 4) is 5.75 Å². The van der Waals surface area contributed by atoms with Crippen molar-refractivity contribution in [2.24, 2.45) is 5.92 Å². The Morgan fingerprint density at radius 2 is 1.91 bits per heavy atom. The molecule has 2 rings (SSSR count). The summed E-state index contributed by atoms with van der Waals surface area (Å²) >= 11 is 1.27. The summed E-state index contributed by atoms with van der Waals surface area (Å²) in [5.74, 6) is -0.437. The van der Waals surface area contributed by atoms with E-state index >= 15 is 0 Å². The van der Waals surface area contributed by atoms with Gasteiger partial charge in [-0.25, -0.2) is 0 Å². The molecule has 1 amide bonds. The standard InChI is InChI=1S/C14H14F3N3O2S/c1-8(2)7-11-19-20-13(23-11)18-12(21)9-3-5-10(6-4-9)22-14(15,16)17/h3-6,8H,7H2,1-2H3,(H,18,20,21). The molecule has 0 aliphatic carbocycles. The molecular formula is C14H14F3N3O2S. The van der Waals surface area contributed by atoms with Gasteiger partial charge in [0.1, 0.15) is 10.8 Å². The fourth-order valence-corrected chi connectivity index (χ4v) is 2.66. The van der Waals surface area contributed by atoms with E-state index in [1.54, 1.807) is 0 Å². The van der Waals surface area contributed by atoms with Gasteiger partial charge in [-0.15, -0.1) is 23.4 Å². The Morgan fingerprint density at radius 1 is 1.26 bits per heavy atom. The first-order valence-electron chi connectivity index (χ1n) is 6.72. The Hall–Kier alpha value is -2.16. The molecule has 0 saturated carbocycles. The van der Waals surface area contributed by atoms with Gasteiger partial charge >= 0.3 is 6.36 Å². The van der Waals surface area contributed by atoms with Crippen molar-refractivity contribution in [2.75, 3.05) is 5.32 Å². The number of carbonyl (C=O) groups is 1. The molecule has 0 atom stereocenters. The highest BCUT2D eigenvalue weighted by molar-refractivity contribution is 7.15. The SMILES string of the molecule is CC(C)Cc1nnc(NC(=O)c2ccc(OC(F)(F)F)cc2)s1. The lowest BCUT2D eigenvalue weighted by Crippen LogP contribution is -2.17. The Bertz CT molecular complexity index is 669. The number of carbonyl (C=O) groups excluding carboxylic acids is 1. The molecule has 5 nitrogen and oxygen atoms in total. The van der Waals surface area contributed by atoms with Crippen LogP contribution in [0.15, 0.2) is 24.3 Å². The largest absolute Gasteiger partial charge is 0.573 e. The minimum atomic E-state index is -4.76. The van der Waals surface area contributed by atoms with Crippen LogP contribution in [-0.4, -0.2) is 22.5 Å². The van der Waals surface area contributed by atoms with Gasteiger partial charge in [0.15, 0.2) is 0 Å². The fourth-order valence-electron chi connectivity index (χ4n) is 1.71. The van der Waals surface area contributed by atoms with Crippen LogP contribution in [0.4, 0.5) is 18.3 Å². The molecular weight excluding hydrogens is 331 g/mol. The van der Waals surface area contributed by atoms with E-state index in [0.29, 0.717) is 11.0 Å². The molecule has 0 bridgehead atoms. The molecule has 0 spiro atoms. The summed E-state index contributed by atoms with van der Waals surface area (Å²) < 4.78 is 39.9. The second kappa shape index (κ2) is 6.95. The van der Waals surface area contributed by atoms with Crippen LogP contribution < -0.4 is 10.1 Å². The summed E-state index contributed by atoms with van der Waals surface area (Å²) in [7, 11) is 0. The number of nitrogens with one attached hydrogen (secondary N) is 1. The van der Waals surface area contributed by atoms with Crippen molar-refractivity contribution in [1.82, 2.24) is 10.2 Å². The lowest BCUT2D eigenvalue weighted by Gasteiger charge is -2.08.